The number of rotatable bonds is 2. The molecule has 2 amide bonds. The van der Waals surface area contributed by atoms with Crippen LogP contribution in [0.4, 0.5) is 5.69 Å². The molecule has 1 aromatic rings. The van der Waals surface area contributed by atoms with Crippen LogP contribution in [-0.2, 0) is 9.59 Å². The minimum Gasteiger partial charge on any atom is -0.478 e. The van der Waals surface area contributed by atoms with E-state index in [2.05, 4.69) is 0 Å². The van der Waals surface area contributed by atoms with E-state index in [4.69, 9.17) is 28.3 Å². The monoisotopic (exact) mass is 287 g/mol. The number of aromatic carboxylic acids is 1. The molecule has 7 heteroatoms. The van der Waals surface area contributed by atoms with Crippen molar-refractivity contribution in [3.63, 3.8) is 0 Å². The molecule has 0 atom stereocenters. The summed E-state index contributed by atoms with van der Waals surface area (Å²) in [6, 6.07) is 2.45. The third-order valence-corrected chi connectivity index (χ3v) is 3.04. The van der Waals surface area contributed by atoms with Crippen LogP contribution in [-0.4, -0.2) is 22.9 Å². The number of hydrogen-bond acceptors (Lipinski definition) is 3. The zero-order valence-electron chi connectivity index (χ0n) is 8.94. The summed E-state index contributed by atoms with van der Waals surface area (Å²) in [5.41, 5.74) is -0.378. The van der Waals surface area contributed by atoms with E-state index in [9.17, 15) is 14.4 Å². The normalized spacial score (nSPS) is 15.3. The summed E-state index contributed by atoms with van der Waals surface area (Å²) in [5, 5.41) is 9.17. The molecule has 1 aromatic carbocycles. The Morgan fingerprint density at radius 1 is 1.17 bits per heavy atom. The molecule has 0 aliphatic carbocycles. The van der Waals surface area contributed by atoms with Gasteiger partial charge in [0.25, 0.3) is 0 Å². The molecule has 18 heavy (non-hydrogen) atoms. The van der Waals surface area contributed by atoms with E-state index in [0.717, 1.165) is 11.0 Å². The average molecular weight is 288 g/mol. The van der Waals surface area contributed by atoms with Gasteiger partial charge >= 0.3 is 5.97 Å². The number of nitrogens with zero attached hydrogens (tertiary/aromatic N) is 1. The highest BCUT2D eigenvalue weighted by molar-refractivity contribution is 6.39. The highest BCUT2D eigenvalue weighted by Gasteiger charge is 2.34. The Morgan fingerprint density at radius 3 is 2.22 bits per heavy atom. The van der Waals surface area contributed by atoms with E-state index in [-0.39, 0.29) is 34.1 Å². The predicted molar refractivity (Wildman–Crippen MR) is 65.1 cm³/mol. The molecular weight excluding hydrogens is 281 g/mol. The zero-order valence-corrected chi connectivity index (χ0v) is 10.5. The van der Waals surface area contributed by atoms with Gasteiger partial charge in [-0.2, -0.15) is 0 Å². The fourth-order valence-electron chi connectivity index (χ4n) is 1.78. The van der Waals surface area contributed by atoms with Crippen molar-refractivity contribution in [3.8, 4) is 0 Å². The molecular formula is C11H7Cl2NO4. The van der Waals surface area contributed by atoms with Crippen molar-refractivity contribution in [3.05, 3.63) is 27.7 Å². The fourth-order valence-corrected chi connectivity index (χ4v) is 2.36. The predicted octanol–water partition coefficient (Wildman–Crippen LogP) is 2.35. The number of carboxylic acid groups (broad SMARTS) is 1. The van der Waals surface area contributed by atoms with Crippen molar-refractivity contribution in [1.82, 2.24) is 0 Å². The number of hydrogen-bond donors (Lipinski definition) is 1. The van der Waals surface area contributed by atoms with Gasteiger partial charge in [-0.25, -0.2) is 9.69 Å². The summed E-state index contributed by atoms with van der Waals surface area (Å²) in [6.45, 7) is 0. The second-order valence-corrected chi connectivity index (χ2v) is 4.56. The Balaban J connectivity index is 2.66. The molecule has 1 saturated heterocycles. The summed E-state index contributed by atoms with van der Waals surface area (Å²) in [4.78, 5) is 35.2. The van der Waals surface area contributed by atoms with Crippen molar-refractivity contribution in [2.24, 2.45) is 0 Å². The van der Waals surface area contributed by atoms with Gasteiger partial charge in [0.2, 0.25) is 11.8 Å². The van der Waals surface area contributed by atoms with Crippen LogP contribution in [0.5, 0.6) is 0 Å². The fraction of sp³-hybridized carbons (Fsp3) is 0.182. The number of anilines is 1. The standard InChI is InChI=1S/C11H7Cl2NO4/c12-5-3-6(11(17)18)10(7(13)4-5)14-8(15)1-2-9(14)16/h3-4H,1-2H2,(H,17,18). The van der Waals surface area contributed by atoms with Crippen LogP contribution in [0.1, 0.15) is 23.2 Å². The first-order valence-corrected chi connectivity index (χ1v) is 5.75. The first-order chi connectivity index (χ1) is 8.41. The van der Waals surface area contributed by atoms with Crippen LogP contribution in [0.25, 0.3) is 0 Å². The zero-order chi connectivity index (χ0) is 13.4. The van der Waals surface area contributed by atoms with E-state index in [1.807, 2.05) is 0 Å². The number of halogens is 2. The van der Waals surface area contributed by atoms with Gasteiger partial charge in [-0.1, -0.05) is 23.2 Å². The van der Waals surface area contributed by atoms with Crippen molar-refractivity contribution in [1.29, 1.82) is 0 Å². The molecule has 0 saturated carbocycles. The lowest BCUT2D eigenvalue weighted by atomic mass is 10.1. The van der Waals surface area contributed by atoms with Gasteiger partial charge in [0, 0.05) is 17.9 Å². The highest BCUT2D eigenvalue weighted by atomic mass is 35.5. The van der Waals surface area contributed by atoms with Crippen molar-refractivity contribution in [2.75, 3.05) is 4.90 Å². The van der Waals surface area contributed by atoms with Crippen molar-refractivity contribution < 1.29 is 19.5 Å². The Hall–Kier alpha value is -1.59. The molecule has 1 aliphatic rings. The SMILES string of the molecule is O=C(O)c1cc(Cl)cc(Cl)c1N1C(=O)CCC1=O. The van der Waals surface area contributed by atoms with Crippen LogP contribution in [0.2, 0.25) is 10.0 Å². The largest absolute Gasteiger partial charge is 0.478 e. The summed E-state index contributed by atoms with van der Waals surface area (Å²) in [5.74, 6) is -2.24. The molecule has 5 nitrogen and oxygen atoms in total. The van der Waals surface area contributed by atoms with E-state index < -0.39 is 17.8 Å². The Kier molecular flexibility index (Phi) is 3.28. The molecule has 0 aromatic heterocycles. The van der Waals surface area contributed by atoms with Gasteiger partial charge in [-0.3, -0.25) is 9.59 Å². The summed E-state index contributed by atoms with van der Waals surface area (Å²) >= 11 is 11.6. The van der Waals surface area contributed by atoms with Crippen molar-refractivity contribution in [2.45, 2.75) is 12.8 Å². The van der Waals surface area contributed by atoms with Gasteiger partial charge in [0.1, 0.15) is 0 Å². The lowest BCUT2D eigenvalue weighted by Crippen LogP contribution is -2.30. The first kappa shape index (κ1) is 12.9. The molecule has 94 valence electrons. The Morgan fingerprint density at radius 2 is 1.72 bits per heavy atom. The molecule has 1 aliphatic heterocycles. The van der Waals surface area contributed by atoms with E-state index in [1.54, 1.807) is 0 Å². The van der Waals surface area contributed by atoms with Gasteiger partial charge in [-0.15, -0.1) is 0 Å². The second-order valence-electron chi connectivity index (χ2n) is 3.71. The molecule has 0 bridgehead atoms. The maximum Gasteiger partial charge on any atom is 0.337 e. The maximum atomic E-state index is 11.6. The maximum absolute atomic E-state index is 11.6. The topological polar surface area (TPSA) is 74.7 Å². The molecule has 0 unspecified atom stereocenters. The van der Waals surface area contributed by atoms with E-state index in [0.29, 0.717) is 0 Å². The first-order valence-electron chi connectivity index (χ1n) is 5.00. The molecule has 1 fully saturated rings. The lowest BCUT2D eigenvalue weighted by molar-refractivity contribution is -0.121. The lowest BCUT2D eigenvalue weighted by Gasteiger charge is -2.18. The Bertz CT molecular complexity index is 554. The molecule has 1 heterocycles. The molecule has 0 spiro atoms. The number of benzene rings is 1. The van der Waals surface area contributed by atoms with E-state index in [1.165, 1.54) is 6.07 Å². The third kappa shape index (κ3) is 2.07. The molecule has 2 rings (SSSR count). The summed E-state index contributed by atoms with van der Waals surface area (Å²) in [6.07, 6.45) is 0.105. The summed E-state index contributed by atoms with van der Waals surface area (Å²) in [7, 11) is 0. The van der Waals surface area contributed by atoms with Crippen molar-refractivity contribution >= 4 is 46.7 Å². The second kappa shape index (κ2) is 4.59. The third-order valence-electron chi connectivity index (χ3n) is 2.53. The van der Waals surface area contributed by atoms with Crippen LogP contribution in [0, 0.1) is 0 Å². The van der Waals surface area contributed by atoms with Crippen LogP contribution in [0.15, 0.2) is 12.1 Å². The number of imide groups is 1. The summed E-state index contributed by atoms with van der Waals surface area (Å²) < 4.78 is 0. The average Bonchev–Trinajstić information content (AvgIpc) is 2.58. The minimum absolute atomic E-state index is 0.0384. The number of carboxylic acids is 1. The van der Waals surface area contributed by atoms with Crippen LogP contribution in [0.3, 0.4) is 0 Å². The number of carbonyl (C=O) groups is 3. The van der Waals surface area contributed by atoms with Gasteiger partial charge in [0.05, 0.1) is 16.3 Å². The quantitative estimate of drug-likeness (QED) is 0.847. The van der Waals surface area contributed by atoms with Gasteiger partial charge in [0.15, 0.2) is 0 Å². The van der Waals surface area contributed by atoms with Gasteiger partial charge in [-0.05, 0) is 12.1 Å². The molecule has 0 radical (unpaired) electrons. The van der Waals surface area contributed by atoms with Crippen LogP contribution < -0.4 is 4.90 Å². The smallest absolute Gasteiger partial charge is 0.337 e. The van der Waals surface area contributed by atoms with Crippen LogP contribution >= 0.6 is 23.2 Å². The van der Waals surface area contributed by atoms with Gasteiger partial charge < -0.3 is 5.11 Å². The Labute approximate surface area is 112 Å². The van der Waals surface area contributed by atoms with E-state index >= 15 is 0 Å². The highest BCUT2D eigenvalue weighted by Crippen LogP contribution is 2.36. The molecule has 1 N–H and O–H groups in total. The number of amides is 2. The number of carbonyl (C=O) groups excluding carboxylic acids is 2. The minimum atomic E-state index is -1.30.